The van der Waals surface area contributed by atoms with Crippen LogP contribution >= 0.6 is 11.6 Å². The third-order valence-corrected chi connectivity index (χ3v) is 7.69. The van der Waals surface area contributed by atoms with E-state index in [9.17, 15) is 21.5 Å². The Hall–Kier alpha value is -1.38. The molecule has 0 spiro atoms. The SMILES string of the molecule is CN(C)[S+](=O)(c1ccccc1)[C@H]1C[C@@H]1c1ccc(Cl)cc1.F[B-](F)(F)F. The van der Waals surface area contributed by atoms with Crippen LogP contribution in [0.3, 0.4) is 0 Å². The highest BCUT2D eigenvalue weighted by atomic mass is 35.5. The molecule has 26 heavy (non-hydrogen) atoms. The first-order valence-electron chi connectivity index (χ1n) is 7.92. The van der Waals surface area contributed by atoms with Crippen LogP contribution in [0.15, 0.2) is 59.5 Å². The van der Waals surface area contributed by atoms with Crippen molar-refractivity contribution in [2.75, 3.05) is 14.1 Å². The average molecular weight is 408 g/mol. The van der Waals surface area contributed by atoms with Crippen LogP contribution < -0.4 is 0 Å². The van der Waals surface area contributed by atoms with Crippen molar-refractivity contribution in [3.05, 3.63) is 65.2 Å². The smallest absolute Gasteiger partial charge is 0.418 e. The highest BCUT2D eigenvalue weighted by Gasteiger charge is 2.59. The fourth-order valence-electron chi connectivity index (χ4n) is 2.86. The van der Waals surface area contributed by atoms with Crippen molar-refractivity contribution in [2.45, 2.75) is 22.5 Å². The molecule has 3 atom stereocenters. The predicted octanol–water partition coefficient (Wildman–Crippen LogP) is 5.53. The van der Waals surface area contributed by atoms with E-state index in [1.54, 1.807) is 0 Å². The van der Waals surface area contributed by atoms with Gasteiger partial charge in [-0.2, -0.15) is 0 Å². The highest BCUT2D eigenvalue weighted by molar-refractivity contribution is 8.01. The zero-order chi connectivity index (χ0) is 19.5. The summed E-state index contributed by atoms with van der Waals surface area (Å²) in [5.41, 5.74) is 1.23. The summed E-state index contributed by atoms with van der Waals surface area (Å²) >= 11 is 5.94. The summed E-state index contributed by atoms with van der Waals surface area (Å²) in [5.74, 6) is 0.359. The highest BCUT2D eigenvalue weighted by Crippen LogP contribution is 2.52. The van der Waals surface area contributed by atoms with Gasteiger partial charge in [-0.1, -0.05) is 46.1 Å². The quantitative estimate of drug-likeness (QED) is 0.371. The Balaban J connectivity index is 0.000000431. The van der Waals surface area contributed by atoms with Crippen LogP contribution in [0.4, 0.5) is 17.3 Å². The predicted molar refractivity (Wildman–Crippen MR) is 99.2 cm³/mol. The van der Waals surface area contributed by atoms with E-state index in [0.29, 0.717) is 5.92 Å². The van der Waals surface area contributed by atoms with E-state index in [-0.39, 0.29) is 5.25 Å². The summed E-state index contributed by atoms with van der Waals surface area (Å²) < 4.78 is 54.5. The van der Waals surface area contributed by atoms with Gasteiger partial charge in [0.25, 0.3) is 0 Å². The molecule has 1 aliphatic rings. The Bertz CT molecular complexity index is 765. The maximum Gasteiger partial charge on any atom is 0.673 e. The Morgan fingerprint density at radius 3 is 1.96 bits per heavy atom. The molecule has 1 aliphatic carbocycles. The third-order valence-electron chi connectivity index (χ3n) is 4.06. The zero-order valence-corrected chi connectivity index (χ0v) is 15.9. The summed E-state index contributed by atoms with van der Waals surface area (Å²) in [4.78, 5) is 0.927. The Kier molecular flexibility index (Phi) is 6.53. The van der Waals surface area contributed by atoms with Gasteiger partial charge in [-0.3, -0.25) is 0 Å². The van der Waals surface area contributed by atoms with Gasteiger partial charge in [0.1, 0.15) is 0 Å². The van der Waals surface area contributed by atoms with Gasteiger partial charge in [0.05, 0.1) is 0 Å². The maximum atomic E-state index is 13.6. The molecule has 0 bridgehead atoms. The van der Waals surface area contributed by atoms with Gasteiger partial charge >= 0.3 is 7.25 Å². The lowest BCUT2D eigenvalue weighted by molar-refractivity contribution is 0.368. The zero-order valence-electron chi connectivity index (χ0n) is 14.3. The van der Waals surface area contributed by atoms with E-state index in [1.807, 2.05) is 73.0 Å². The standard InChI is InChI=1S/C17H19ClNOS.BF4/c1-19(2)21(20,15-6-4-3-5-7-15)17-12-16(17)13-8-10-14(18)11-9-13;2-1(3,4)5/h3-11,16-17H,12H2,1-2H3;/q+1;-1/t16-,17+,21?;/m1./s1. The number of benzene rings is 2. The molecule has 2 aromatic rings. The van der Waals surface area contributed by atoms with Gasteiger partial charge in [0, 0.05) is 31.5 Å². The maximum absolute atomic E-state index is 13.6. The average Bonchev–Trinajstić information content (AvgIpc) is 3.35. The normalized spacial score (nSPS) is 21.5. The molecular formula is C17H19BClF4NOS. The van der Waals surface area contributed by atoms with E-state index in [0.717, 1.165) is 16.3 Å². The van der Waals surface area contributed by atoms with E-state index >= 15 is 0 Å². The van der Waals surface area contributed by atoms with Crippen molar-refractivity contribution in [3.63, 3.8) is 0 Å². The molecule has 1 saturated carbocycles. The second-order valence-electron chi connectivity index (χ2n) is 6.12. The van der Waals surface area contributed by atoms with Crippen LogP contribution in [-0.2, 0) is 14.3 Å². The van der Waals surface area contributed by atoms with Crippen LogP contribution in [0.25, 0.3) is 0 Å². The Morgan fingerprint density at radius 2 is 1.50 bits per heavy atom. The molecular weight excluding hydrogens is 389 g/mol. The van der Waals surface area contributed by atoms with Crippen LogP contribution in [0.5, 0.6) is 0 Å². The minimum atomic E-state index is -6.00. The summed E-state index contributed by atoms with van der Waals surface area (Å²) in [5, 5.41) is 0.920. The van der Waals surface area contributed by atoms with E-state index in [4.69, 9.17) is 11.6 Å². The second-order valence-corrected chi connectivity index (χ2v) is 9.50. The van der Waals surface area contributed by atoms with Gasteiger partial charge in [0.2, 0.25) is 0 Å². The molecule has 0 saturated heterocycles. The molecule has 3 rings (SSSR count). The molecule has 0 aromatic heterocycles. The van der Waals surface area contributed by atoms with Gasteiger partial charge in [0.15, 0.2) is 20.3 Å². The lowest BCUT2D eigenvalue weighted by Gasteiger charge is -2.18. The molecule has 0 radical (unpaired) electrons. The van der Waals surface area contributed by atoms with Crippen molar-refractivity contribution in [2.24, 2.45) is 0 Å². The van der Waals surface area contributed by atoms with Crippen LogP contribution in [0.2, 0.25) is 5.02 Å². The molecule has 1 unspecified atom stereocenters. The van der Waals surface area contributed by atoms with Crippen molar-refractivity contribution >= 4 is 29.0 Å². The lowest BCUT2D eigenvalue weighted by atomic mass is 10.1. The molecule has 0 N–H and O–H groups in total. The van der Waals surface area contributed by atoms with E-state index < -0.39 is 17.4 Å². The first-order valence-corrected chi connectivity index (χ1v) is 9.87. The fourth-order valence-corrected chi connectivity index (χ4v) is 5.91. The van der Waals surface area contributed by atoms with Crippen LogP contribution in [0.1, 0.15) is 17.9 Å². The molecule has 2 nitrogen and oxygen atoms in total. The minimum Gasteiger partial charge on any atom is -0.418 e. The van der Waals surface area contributed by atoms with Crippen molar-refractivity contribution in [3.8, 4) is 0 Å². The number of hydrogen-bond acceptors (Lipinski definition) is 1. The Morgan fingerprint density at radius 1 is 1.00 bits per heavy atom. The number of hydrogen-bond donors (Lipinski definition) is 0. The van der Waals surface area contributed by atoms with Crippen molar-refractivity contribution in [1.29, 1.82) is 0 Å². The van der Waals surface area contributed by atoms with E-state index in [1.165, 1.54) is 5.56 Å². The molecule has 0 aliphatic heterocycles. The molecule has 1 fully saturated rings. The second kappa shape index (κ2) is 8.11. The van der Waals surface area contributed by atoms with Gasteiger partial charge in [-0.05, 0) is 29.8 Å². The third kappa shape index (κ3) is 5.31. The first-order chi connectivity index (χ1) is 12.0. The molecule has 0 amide bonds. The fraction of sp³-hybridized carbons (Fsp3) is 0.294. The molecule has 0 heterocycles. The monoisotopic (exact) mass is 407 g/mol. The molecule has 2 aromatic carbocycles. The van der Waals surface area contributed by atoms with E-state index in [2.05, 4.69) is 0 Å². The summed E-state index contributed by atoms with van der Waals surface area (Å²) in [6.07, 6.45) is 0.966. The van der Waals surface area contributed by atoms with Crippen molar-refractivity contribution in [1.82, 2.24) is 4.31 Å². The number of nitrogens with zero attached hydrogens (tertiary/aromatic N) is 1. The molecule has 9 heteroatoms. The van der Waals surface area contributed by atoms with Gasteiger partial charge in [-0.15, -0.1) is 4.31 Å². The van der Waals surface area contributed by atoms with Crippen molar-refractivity contribution < 1.29 is 21.5 Å². The summed E-state index contributed by atoms with van der Waals surface area (Å²) in [6, 6.07) is 17.7. The summed E-state index contributed by atoms with van der Waals surface area (Å²) in [7, 11) is -4.38. The summed E-state index contributed by atoms with van der Waals surface area (Å²) in [6.45, 7) is 0. The first kappa shape index (κ1) is 20.9. The van der Waals surface area contributed by atoms with Crippen LogP contribution in [-0.4, -0.2) is 30.9 Å². The van der Waals surface area contributed by atoms with Gasteiger partial charge < -0.3 is 17.3 Å². The number of halogens is 5. The minimum absolute atomic E-state index is 0.177. The topological polar surface area (TPSA) is 20.3 Å². The number of rotatable bonds is 4. The Labute approximate surface area is 156 Å². The van der Waals surface area contributed by atoms with Crippen LogP contribution in [0, 0.1) is 0 Å². The lowest BCUT2D eigenvalue weighted by Crippen LogP contribution is -2.34. The largest absolute Gasteiger partial charge is 0.673 e. The van der Waals surface area contributed by atoms with Gasteiger partial charge in [-0.25, -0.2) is 0 Å². The molecule has 142 valence electrons.